The van der Waals surface area contributed by atoms with Crippen molar-refractivity contribution in [3.05, 3.63) is 0 Å². The summed E-state index contributed by atoms with van der Waals surface area (Å²) in [6.07, 6.45) is 13.2. The molecule has 1 nitrogen and oxygen atoms in total. The Kier molecular flexibility index (Phi) is 6.57. The van der Waals surface area contributed by atoms with Crippen LogP contribution in [0.1, 0.15) is 52.4 Å². The predicted octanol–water partition coefficient (Wildman–Crippen LogP) is 3.45. The Morgan fingerprint density at radius 2 is 2.06 bits per heavy atom. The fraction of sp³-hybridized carbons (Fsp3) is 0.867. The van der Waals surface area contributed by atoms with E-state index >= 15 is 0 Å². The Morgan fingerprint density at radius 1 is 1.25 bits per heavy atom. The Morgan fingerprint density at radius 3 is 2.69 bits per heavy atom. The van der Waals surface area contributed by atoms with E-state index in [1.807, 2.05) is 0 Å². The highest BCUT2D eigenvalue weighted by atomic mass is 14.9. The molecule has 1 aliphatic rings. The zero-order chi connectivity index (χ0) is 11.8. The van der Waals surface area contributed by atoms with E-state index in [9.17, 15) is 0 Å². The summed E-state index contributed by atoms with van der Waals surface area (Å²) in [6, 6.07) is 0. The molecule has 0 aromatic rings. The van der Waals surface area contributed by atoms with E-state index in [2.05, 4.69) is 25.1 Å². The van der Waals surface area contributed by atoms with E-state index in [4.69, 9.17) is 6.42 Å². The first-order chi connectivity index (χ1) is 7.81. The van der Waals surface area contributed by atoms with Gasteiger partial charge < -0.3 is 5.32 Å². The van der Waals surface area contributed by atoms with Gasteiger partial charge >= 0.3 is 0 Å². The highest BCUT2D eigenvalue weighted by Crippen LogP contribution is 2.36. The van der Waals surface area contributed by atoms with Gasteiger partial charge in [-0.2, -0.15) is 0 Å². The van der Waals surface area contributed by atoms with Gasteiger partial charge in [0.2, 0.25) is 0 Å². The third kappa shape index (κ3) is 4.18. The van der Waals surface area contributed by atoms with E-state index < -0.39 is 0 Å². The second-order valence-electron chi connectivity index (χ2n) is 5.22. The quantitative estimate of drug-likeness (QED) is 0.535. The van der Waals surface area contributed by atoms with E-state index in [1.54, 1.807) is 0 Å². The minimum atomic E-state index is 0.771. The van der Waals surface area contributed by atoms with Crippen LogP contribution in [-0.4, -0.2) is 13.1 Å². The molecule has 1 aliphatic carbocycles. The van der Waals surface area contributed by atoms with Gasteiger partial charge in [-0.3, -0.25) is 0 Å². The number of hydrogen-bond acceptors (Lipinski definition) is 1. The molecular formula is C15H27N. The number of hydrogen-bond donors (Lipinski definition) is 1. The van der Waals surface area contributed by atoms with Crippen LogP contribution >= 0.6 is 0 Å². The minimum absolute atomic E-state index is 0.771. The summed E-state index contributed by atoms with van der Waals surface area (Å²) < 4.78 is 0. The smallest absolute Gasteiger partial charge is 0.0118 e. The molecular weight excluding hydrogens is 194 g/mol. The third-order valence-corrected chi connectivity index (χ3v) is 4.04. The Balaban J connectivity index is 2.38. The molecule has 3 atom stereocenters. The van der Waals surface area contributed by atoms with Crippen molar-refractivity contribution < 1.29 is 0 Å². The average molecular weight is 221 g/mol. The number of terminal acetylenes is 1. The van der Waals surface area contributed by atoms with Gasteiger partial charge in [0.15, 0.2) is 0 Å². The van der Waals surface area contributed by atoms with Gasteiger partial charge in [0.1, 0.15) is 0 Å². The lowest BCUT2D eigenvalue weighted by Gasteiger charge is -2.35. The van der Waals surface area contributed by atoms with Gasteiger partial charge in [0.25, 0.3) is 0 Å². The second kappa shape index (κ2) is 7.74. The van der Waals surface area contributed by atoms with Gasteiger partial charge in [-0.25, -0.2) is 0 Å². The SMILES string of the molecule is C#CCC1CC(CC)CCC1CNCCC. The molecule has 0 radical (unpaired) electrons. The molecule has 0 amide bonds. The molecule has 1 saturated carbocycles. The maximum absolute atomic E-state index is 5.49. The molecule has 16 heavy (non-hydrogen) atoms. The molecule has 0 aromatic carbocycles. The zero-order valence-corrected chi connectivity index (χ0v) is 11.0. The topological polar surface area (TPSA) is 12.0 Å². The maximum atomic E-state index is 5.49. The van der Waals surface area contributed by atoms with Gasteiger partial charge in [-0.05, 0) is 50.1 Å². The van der Waals surface area contributed by atoms with Crippen LogP contribution in [0.3, 0.4) is 0 Å². The van der Waals surface area contributed by atoms with Crippen molar-refractivity contribution in [1.29, 1.82) is 0 Å². The molecule has 92 valence electrons. The van der Waals surface area contributed by atoms with E-state index in [0.29, 0.717) is 0 Å². The van der Waals surface area contributed by atoms with Gasteiger partial charge in [0, 0.05) is 6.42 Å². The van der Waals surface area contributed by atoms with Crippen molar-refractivity contribution in [3.63, 3.8) is 0 Å². The first kappa shape index (κ1) is 13.6. The normalized spacial score (nSPS) is 29.9. The molecule has 0 spiro atoms. The summed E-state index contributed by atoms with van der Waals surface area (Å²) in [5.74, 6) is 5.40. The largest absolute Gasteiger partial charge is 0.316 e. The highest BCUT2D eigenvalue weighted by molar-refractivity contribution is 4.92. The van der Waals surface area contributed by atoms with E-state index in [0.717, 1.165) is 30.7 Å². The summed E-state index contributed by atoms with van der Waals surface area (Å²) >= 11 is 0. The number of nitrogens with one attached hydrogen (secondary N) is 1. The lowest BCUT2D eigenvalue weighted by molar-refractivity contribution is 0.175. The molecule has 0 aliphatic heterocycles. The van der Waals surface area contributed by atoms with Crippen LogP contribution in [0.2, 0.25) is 0 Å². The monoisotopic (exact) mass is 221 g/mol. The van der Waals surface area contributed by atoms with Crippen LogP contribution < -0.4 is 5.32 Å². The van der Waals surface area contributed by atoms with Crippen molar-refractivity contribution in [2.75, 3.05) is 13.1 Å². The lowest BCUT2D eigenvalue weighted by atomic mass is 9.72. The van der Waals surface area contributed by atoms with Crippen LogP contribution in [0, 0.1) is 30.1 Å². The van der Waals surface area contributed by atoms with E-state index in [1.165, 1.54) is 38.6 Å². The lowest BCUT2D eigenvalue weighted by Crippen LogP contribution is -2.33. The van der Waals surface area contributed by atoms with Crippen molar-refractivity contribution in [1.82, 2.24) is 5.32 Å². The fourth-order valence-electron chi connectivity index (χ4n) is 2.93. The summed E-state index contributed by atoms with van der Waals surface area (Å²) in [7, 11) is 0. The van der Waals surface area contributed by atoms with Crippen LogP contribution in [0.15, 0.2) is 0 Å². The van der Waals surface area contributed by atoms with Crippen molar-refractivity contribution in [2.45, 2.75) is 52.4 Å². The molecule has 3 unspecified atom stereocenters. The summed E-state index contributed by atoms with van der Waals surface area (Å²) in [5, 5.41) is 3.56. The molecule has 0 saturated heterocycles. The Hall–Kier alpha value is -0.480. The van der Waals surface area contributed by atoms with Crippen LogP contribution in [0.5, 0.6) is 0 Å². The molecule has 0 bridgehead atoms. The van der Waals surface area contributed by atoms with E-state index in [-0.39, 0.29) is 0 Å². The maximum Gasteiger partial charge on any atom is 0.0118 e. The second-order valence-corrected chi connectivity index (χ2v) is 5.22. The Labute approximate surface area is 101 Å². The number of rotatable bonds is 6. The molecule has 1 rings (SSSR count). The van der Waals surface area contributed by atoms with Crippen LogP contribution in [0.4, 0.5) is 0 Å². The zero-order valence-electron chi connectivity index (χ0n) is 11.0. The molecule has 0 aromatic heterocycles. The minimum Gasteiger partial charge on any atom is -0.316 e. The Bertz CT molecular complexity index is 214. The summed E-state index contributed by atoms with van der Waals surface area (Å²) in [6.45, 7) is 6.86. The molecule has 0 heterocycles. The first-order valence-electron chi connectivity index (χ1n) is 6.95. The van der Waals surface area contributed by atoms with Crippen LogP contribution in [-0.2, 0) is 0 Å². The van der Waals surface area contributed by atoms with Crippen molar-refractivity contribution in [2.24, 2.45) is 17.8 Å². The van der Waals surface area contributed by atoms with Gasteiger partial charge in [0.05, 0.1) is 0 Å². The first-order valence-corrected chi connectivity index (χ1v) is 6.95. The average Bonchev–Trinajstić information content (AvgIpc) is 2.31. The highest BCUT2D eigenvalue weighted by Gasteiger charge is 2.28. The molecule has 1 heteroatoms. The fourth-order valence-corrected chi connectivity index (χ4v) is 2.93. The van der Waals surface area contributed by atoms with Crippen LogP contribution in [0.25, 0.3) is 0 Å². The molecule has 1 fully saturated rings. The van der Waals surface area contributed by atoms with Gasteiger partial charge in [-0.15, -0.1) is 12.3 Å². The van der Waals surface area contributed by atoms with Crippen molar-refractivity contribution >= 4 is 0 Å². The van der Waals surface area contributed by atoms with Crippen molar-refractivity contribution in [3.8, 4) is 12.3 Å². The summed E-state index contributed by atoms with van der Waals surface area (Å²) in [4.78, 5) is 0. The third-order valence-electron chi connectivity index (χ3n) is 4.04. The summed E-state index contributed by atoms with van der Waals surface area (Å²) in [5.41, 5.74) is 0. The predicted molar refractivity (Wildman–Crippen MR) is 71.2 cm³/mol. The molecule has 1 N–H and O–H groups in total. The van der Waals surface area contributed by atoms with Gasteiger partial charge in [-0.1, -0.05) is 26.7 Å². The standard InChI is InChI=1S/C15H27N/c1-4-7-14-11-13(6-3)8-9-15(14)12-16-10-5-2/h1,13-16H,5-12H2,2-3H3.